The van der Waals surface area contributed by atoms with Crippen LogP contribution >= 0.6 is 0 Å². The van der Waals surface area contributed by atoms with Crippen molar-refractivity contribution in [3.05, 3.63) is 64.5 Å². The number of carbonyl (C=O) groups is 1. The van der Waals surface area contributed by atoms with Gasteiger partial charge in [0, 0.05) is 12.7 Å². The average molecular weight is 547 g/mol. The summed E-state index contributed by atoms with van der Waals surface area (Å²) in [6, 6.07) is 7.89. The largest absolute Gasteiger partial charge is 0.493 e. The predicted molar refractivity (Wildman–Crippen MR) is 145 cm³/mol. The molecule has 0 amide bonds. The van der Waals surface area contributed by atoms with Gasteiger partial charge in [-0.1, -0.05) is 32.4 Å². The zero-order valence-electron chi connectivity index (χ0n) is 23.2. The van der Waals surface area contributed by atoms with Crippen molar-refractivity contribution in [2.24, 2.45) is 0 Å². The molecule has 2 aliphatic carbocycles. The van der Waals surface area contributed by atoms with E-state index in [2.05, 4.69) is 13.8 Å². The van der Waals surface area contributed by atoms with Crippen LogP contribution in [0.1, 0.15) is 118 Å². The summed E-state index contributed by atoms with van der Waals surface area (Å²) in [5.41, 5.74) is 0.586. The molecule has 2 aromatic carbocycles. The molecule has 7 heteroatoms. The highest BCUT2D eigenvalue weighted by Crippen LogP contribution is 2.38. The topological polar surface area (TPSA) is 44.8 Å². The number of benzene rings is 2. The molecule has 0 radical (unpaired) electrons. The van der Waals surface area contributed by atoms with Gasteiger partial charge in [-0.3, -0.25) is 0 Å². The van der Waals surface area contributed by atoms with Gasteiger partial charge < -0.3 is 14.2 Å². The predicted octanol–water partition coefficient (Wildman–Crippen LogP) is 8.62. The Kier molecular flexibility index (Phi) is 10.7. The second-order valence-electron chi connectivity index (χ2n) is 10.9. The summed E-state index contributed by atoms with van der Waals surface area (Å²) in [7, 11) is 0. The van der Waals surface area contributed by atoms with Crippen LogP contribution in [0.2, 0.25) is 0 Å². The van der Waals surface area contributed by atoms with Crippen molar-refractivity contribution in [3.63, 3.8) is 0 Å². The summed E-state index contributed by atoms with van der Waals surface area (Å²) in [5, 5.41) is 0. The molecule has 0 bridgehead atoms. The van der Waals surface area contributed by atoms with Crippen LogP contribution < -0.4 is 4.74 Å². The van der Waals surface area contributed by atoms with Gasteiger partial charge in [0.05, 0.1) is 18.3 Å². The van der Waals surface area contributed by atoms with E-state index in [1.807, 2.05) is 0 Å². The average Bonchev–Trinajstić information content (AvgIpc) is 2.94. The van der Waals surface area contributed by atoms with Crippen LogP contribution in [0.5, 0.6) is 5.75 Å². The summed E-state index contributed by atoms with van der Waals surface area (Å²) in [4.78, 5) is 12.7. The SMILES string of the molecule is CCCCOc1ccc(C2CCC(OC(=O)c3ccc(C4CCC(OCCC)CC4)c(F)c3F)CC2)c(F)c1. The third-order valence-electron chi connectivity index (χ3n) is 8.13. The van der Waals surface area contributed by atoms with Crippen molar-refractivity contribution >= 4 is 5.97 Å². The van der Waals surface area contributed by atoms with Crippen molar-refractivity contribution in [2.45, 2.75) is 109 Å². The van der Waals surface area contributed by atoms with E-state index in [1.54, 1.807) is 12.1 Å². The Hall–Kier alpha value is -2.54. The van der Waals surface area contributed by atoms with E-state index >= 15 is 4.39 Å². The maximum absolute atomic E-state index is 15.0. The van der Waals surface area contributed by atoms with E-state index < -0.39 is 23.7 Å². The van der Waals surface area contributed by atoms with Crippen LogP contribution in [0, 0.1) is 17.5 Å². The van der Waals surface area contributed by atoms with Crippen molar-refractivity contribution in [2.75, 3.05) is 13.2 Å². The maximum Gasteiger partial charge on any atom is 0.341 e. The van der Waals surface area contributed by atoms with Gasteiger partial charge in [-0.15, -0.1) is 0 Å². The standard InChI is InChI=1S/C32H41F3O4/c1-3-5-19-38-25-14-15-26(29(33)20-25)21-8-12-24(13-9-21)39-32(36)28-17-16-27(30(34)31(28)35)22-6-10-23(11-7-22)37-18-4-2/h14-17,20-24H,3-13,18-19H2,1-2H3. The third kappa shape index (κ3) is 7.56. The Morgan fingerprint density at radius 1 is 0.769 bits per heavy atom. The first-order chi connectivity index (χ1) is 18.9. The zero-order chi connectivity index (χ0) is 27.8. The third-order valence-corrected chi connectivity index (χ3v) is 8.13. The minimum atomic E-state index is -1.14. The summed E-state index contributed by atoms with van der Waals surface area (Å²) in [6.45, 7) is 5.42. The molecule has 0 saturated heterocycles. The molecule has 4 rings (SSSR count). The van der Waals surface area contributed by atoms with E-state index in [-0.39, 0.29) is 29.3 Å². The van der Waals surface area contributed by atoms with E-state index in [1.165, 1.54) is 18.2 Å². The normalized spacial score (nSPS) is 23.4. The van der Waals surface area contributed by atoms with E-state index in [4.69, 9.17) is 14.2 Å². The minimum absolute atomic E-state index is 0.0144. The molecule has 0 aliphatic heterocycles. The van der Waals surface area contributed by atoms with Crippen molar-refractivity contribution in [3.8, 4) is 5.75 Å². The van der Waals surface area contributed by atoms with Crippen molar-refractivity contribution < 1.29 is 32.2 Å². The molecular formula is C32H41F3O4. The molecule has 2 aromatic rings. The number of hydrogen-bond donors (Lipinski definition) is 0. The zero-order valence-corrected chi connectivity index (χ0v) is 23.2. The second kappa shape index (κ2) is 14.2. The van der Waals surface area contributed by atoms with E-state index in [0.29, 0.717) is 49.2 Å². The van der Waals surface area contributed by atoms with Gasteiger partial charge in [0.1, 0.15) is 17.7 Å². The number of halogens is 3. The highest BCUT2D eigenvalue weighted by atomic mass is 19.2. The van der Waals surface area contributed by atoms with Gasteiger partial charge >= 0.3 is 5.97 Å². The lowest BCUT2D eigenvalue weighted by atomic mass is 9.82. The minimum Gasteiger partial charge on any atom is -0.493 e. The molecule has 39 heavy (non-hydrogen) atoms. The van der Waals surface area contributed by atoms with E-state index in [0.717, 1.165) is 51.6 Å². The van der Waals surface area contributed by atoms with Crippen molar-refractivity contribution in [1.29, 1.82) is 0 Å². The van der Waals surface area contributed by atoms with Gasteiger partial charge in [-0.05, 0) is 99.3 Å². The number of carbonyl (C=O) groups excluding carboxylic acids is 1. The van der Waals surface area contributed by atoms with Gasteiger partial charge in [0.15, 0.2) is 11.6 Å². The Balaban J connectivity index is 1.29. The van der Waals surface area contributed by atoms with Gasteiger partial charge in [-0.2, -0.15) is 0 Å². The summed E-state index contributed by atoms with van der Waals surface area (Å²) in [5.74, 6) is -2.77. The molecule has 0 N–H and O–H groups in total. The molecule has 0 atom stereocenters. The lowest BCUT2D eigenvalue weighted by Crippen LogP contribution is -2.25. The molecule has 0 unspecified atom stereocenters. The van der Waals surface area contributed by atoms with Gasteiger partial charge in [0.2, 0.25) is 0 Å². The first-order valence-electron chi connectivity index (χ1n) is 14.6. The molecule has 2 fully saturated rings. The lowest BCUT2D eigenvalue weighted by molar-refractivity contribution is 0.0188. The number of unbranched alkanes of at least 4 members (excludes halogenated alkanes) is 1. The second-order valence-corrected chi connectivity index (χ2v) is 10.9. The Morgan fingerprint density at radius 2 is 1.41 bits per heavy atom. The van der Waals surface area contributed by atoms with Gasteiger partial charge in [-0.25, -0.2) is 18.0 Å². The van der Waals surface area contributed by atoms with Gasteiger partial charge in [0.25, 0.3) is 0 Å². The fourth-order valence-corrected chi connectivity index (χ4v) is 5.83. The summed E-state index contributed by atoms with van der Waals surface area (Å²) >= 11 is 0. The highest BCUT2D eigenvalue weighted by molar-refractivity contribution is 5.90. The summed E-state index contributed by atoms with van der Waals surface area (Å²) < 4.78 is 61.7. The molecule has 214 valence electrons. The first-order valence-corrected chi connectivity index (χ1v) is 14.6. The number of hydrogen-bond acceptors (Lipinski definition) is 4. The number of rotatable bonds is 11. The number of esters is 1. The first kappa shape index (κ1) is 29.4. The highest BCUT2D eigenvalue weighted by Gasteiger charge is 2.31. The van der Waals surface area contributed by atoms with Crippen LogP contribution in [-0.4, -0.2) is 31.4 Å². The Morgan fingerprint density at radius 3 is 2.05 bits per heavy atom. The van der Waals surface area contributed by atoms with E-state index in [9.17, 15) is 13.6 Å². The van der Waals surface area contributed by atoms with Crippen LogP contribution in [0.25, 0.3) is 0 Å². The molecule has 2 saturated carbocycles. The fraction of sp³-hybridized carbons (Fsp3) is 0.594. The van der Waals surface area contributed by atoms with Crippen LogP contribution in [-0.2, 0) is 9.47 Å². The molecule has 2 aliphatic rings. The smallest absolute Gasteiger partial charge is 0.341 e. The lowest BCUT2D eigenvalue weighted by Gasteiger charge is -2.30. The molecule has 4 nitrogen and oxygen atoms in total. The maximum atomic E-state index is 15.0. The number of ether oxygens (including phenoxy) is 3. The van der Waals surface area contributed by atoms with Crippen LogP contribution in [0.15, 0.2) is 30.3 Å². The molecule has 0 heterocycles. The fourth-order valence-electron chi connectivity index (χ4n) is 5.83. The molecule has 0 aromatic heterocycles. The van der Waals surface area contributed by atoms with Crippen LogP contribution in [0.3, 0.4) is 0 Å². The molecular weight excluding hydrogens is 505 g/mol. The Labute approximate surface area is 230 Å². The monoisotopic (exact) mass is 546 g/mol. The van der Waals surface area contributed by atoms with Crippen molar-refractivity contribution in [1.82, 2.24) is 0 Å². The van der Waals surface area contributed by atoms with Crippen LogP contribution in [0.4, 0.5) is 13.2 Å². The quantitative estimate of drug-likeness (QED) is 0.209. The Bertz CT molecular complexity index is 1090. The summed E-state index contributed by atoms with van der Waals surface area (Å²) in [6.07, 6.45) is 8.12. The molecule has 0 spiro atoms.